The maximum absolute atomic E-state index is 12.2. The van der Waals surface area contributed by atoms with Gasteiger partial charge in [0, 0.05) is 6.04 Å². The van der Waals surface area contributed by atoms with Gasteiger partial charge in [0.05, 0.1) is 11.5 Å². The van der Waals surface area contributed by atoms with Crippen LogP contribution in [-0.2, 0) is 9.84 Å². The Morgan fingerprint density at radius 1 is 1.10 bits per heavy atom. The van der Waals surface area contributed by atoms with Crippen molar-refractivity contribution in [1.82, 2.24) is 5.32 Å². The zero-order valence-corrected chi connectivity index (χ0v) is 14.0. The molecule has 4 heteroatoms. The molecular formula is C16H27NO2S. The van der Waals surface area contributed by atoms with Gasteiger partial charge in [0.25, 0.3) is 0 Å². The molecule has 0 aliphatic heterocycles. The minimum absolute atomic E-state index is 0.134. The van der Waals surface area contributed by atoms with Crippen molar-refractivity contribution in [3.8, 4) is 0 Å². The topological polar surface area (TPSA) is 46.2 Å². The van der Waals surface area contributed by atoms with Gasteiger partial charge in [0.15, 0.2) is 9.84 Å². The van der Waals surface area contributed by atoms with Crippen molar-refractivity contribution in [2.75, 3.05) is 18.6 Å². The molecule has 0 heterocycles. The van der Waals surface area contributed by atoms with Gasteiger partial charge in [-0.1, -0.05) is 43.2 Å². The molecule has 1 aromatic carbocycles. The predicted molar refractivity (Wildman–Crippen MR) is 85.8 cm³/mol. The standard InChI is InChI=1S/C16H27NO2S/c1-12(2)6-7-20(18,19)11-16(17-5)15-9-13(3)8-14(4)10-15/h8-10,12,16-17H,6-7,11H2,1-5H3. The van der Waals surface area contributed by atoms with E-state index in [1.54, 1.807) is 0 Å². The van der Waals surface area contributed by atoms with Crippen LogP contribution in [0.2, 0.25) is 0 Å². The number of rotatable bonds is 7. The summed E-state index contributed by atoms with van der Waals surface area (Å²) in [4.78, 5) is 0. The number of sulfone groups is 1. The molecule has 0 saturated heterocycles. The molecule has 0 aromatic heterocycles. The molecule has 1 N–H and O–H groups in total. The van der Waals surface area contributed by atoms with Crippen LogP contribution in [0.4, 0.5) is 0 Å². The van der Waals surface area contributed by atoms with Gasteiger partial charge in [0.2, 0.25) is 0 Å². The van der Waals surface area contributed by atoms with E-state index < -0.39 is 9.84 Å². The summed E-state index contributed by atoms with van der Waals surface area (Å²) in [7, 11) is -1.20. The van der Waals surface area contributed by atoms with Gasteiger partial charge in [-0.05, 0) is 38.8 Å². The first-order chi connectivity index (χ1) is 9.23. The summed E-state index contributed by atoms with van der Waals surface area (Å²) in [5.41, 5.74) is 3.39. The van der Waals surface area contributed by atoms with Crippen molar-refractivity contribution >= 4 is 9.84 Å². The second-order valence-electron chi connectivity index (χ2n) is 6.06. The molecule has 3 nitrogen and oxygen atoms in total. The Bertz CT molecular complexity index is 515. The van der Waals surface area contributed by atoms with Gasteiger partial charge in [-0.2, -0.15) is 0 Å². The first-order valence-corrected chi connectivity index (χ1v) is 9.01. The van der Waals surface area contributed by atoms with Crippen molar-refractivity contribution in [2.24, 2.45) is 5.92 Å². The first-order valence-electron chi connectivity index (χ1n) is 7.19. The Morgan fingerprint density at radius 3 is 2.10 bits per heavy atom. The molecule has 0 spiro atoms. The van der Waals surface area contributed by atoms with E-state index in [-0.39, 0.29) is 17.5 Å². The number of hydrogen-bond donors (Lipinski definition) is 1. The summed E-state index contributed by atoms with van der Waals surface area (Å²) in [6, 6.07) is 6.09. The van der Waals surface area contributed by atoms with Gasteiger partial charge >= 0.3 is 0 Å². The Labute approximate surface area is 123 Å². The van der Waals surface area contributed by atoms with E-state index in [9.17, 15) is 8.42 Å². The van der Waals surface area contributed by atoms with E-state index in [1.165, 1.54) is 11.1 Å². The molecule has 0 fully saturated rings. The van der Waals surface area contributed by atoms with Crippen LogP contribution in [0.1, 0.15) is 43.0 Å². The van der Waals surface area contributed by atoms with Crippen molar-refractivity contribution in [3.05, 3.63) is 34.9 Å². The second-order valence-corrected chi connectivity index (χ2v) is 8.29. The van der Waals surface area contributed by atoms with Gasteiger partial charge in [-0.15, -0.1) is 0 Å². The average Bonchev–Trinajstić information content (AvgIpc) is 2.32. The van der Waals surface area contributed by atoms with Crippen LogP contribution in [0.3, 0.4) is 0 Å². The van der Waals surface area contributed by atoms with Gasteiger partial charge in [0.1, 0.15) is 0 Å². The first kappa shape index (κ1) is 17.2. The highest BCUT2D eigenvalue weighted by atomic mass is 32.2. The van der Waals surface area contributed by atoms with Crippen molar-refractivity contribution in [2.45, 2.75) is 40.2 Å². The van der Waals surface area contributed by atoms with Crippen molar-refractivity contribution in [3.63, 3.8) is 0 Å². The quantitative estimate of drug-likeness (QED) is 0.841. The van der Waals surface area contributed by atoms with E-state index in [1.807, 2.05) is 20.9 Å². The monoisotopic (exact) mass is 297 g/mol. The summed E-state index contributed by atoms with van der Waals surface area (Å²) in [5.74, 6) is 0.853. The van der Waals surface area contributed by atoms with Crippen LogP contribution in [0, 0.1) is 19.8 Å². The molecule has 1 aromatic rings. The SMILES string of the molecule is CNC(CS(=O)(=O)CCC(C)C)c1cc(C)cc(C)c1. The fourth-order valence-corrected chi connectivity index (χ4v) is 4.17. The van der Waals surface area contributed by atoms with Crippen LogP contribution < -0.4 is 5.32 Å². The van der Waals surface area contributed by atoms with Crippen LogP contribution in [0.15, 0.2) is 18.2 Å². The molecule has 1 rings (SSSR count). The zero-order chi connectivity index (χ0) is 15.3. The lowest BCUT2D eigenvalue weighted by atomic mass is 10.0. The zero-order valence-electron chi connectivity index (χ0n) is 13.2. The molecular weight excluding hydrogens is 270 g/mol. The Hall–Kier alpha value is -0.870. The number of nitrogens with one attached hydrogen (secondary N) is 1. The Balaban J connectivity index is 2.86. The van der Waals surface area contributed by atoms with E-state index >= 15 is 0 Å². The molecule has 114 valence electrons. The van der Waals surface area contributed by atoms with Gasteiger partial charge in [-0.3, -0.25) is 0 Å². The Morgan fingerprint density at radius 2 is 1.65 bits per heavy atom. The number of aryl methyl sites for hydroxylation is 2. The lowest BCUT2D eigenvalue weighted by Gasteiger charge is -2.18. The van der Waals surface area contributed by atoms with E-state index in [0.29, 0.717) is 5.92 Å². The third kappa shape index (κ3) is 5.63. The van der Waals surface area contributed by atoms with Crippen LogP contribution in [0.25, 0.3) is 0 Å². The highest BCUT2D eigenvalue weighted by Crippen LogP contribution is 2.19. The molecule has 0 bridgehead atoms. The van der Waals surface area contributed by atoms with E-state index in [0.717, 1.165) is 12.0 Å². The molecule has 1 atom stereocenters. The molecule has 0 aliphatic carbocycles. The largest absolute Gasteiger partial charge is 0.312 e. The molecule has 0 aliphatic rings. The van der Waals surface area contributed by atoms with Crippen molar-refractivity contribution < 1.29 is 8.42 Å². The van der Waals surface area contributed by atoms with Crippen LogP contribution in [0.5, 0.6) is 0 Å². The van der Waals surface area contributed by atoms with Gasteiger partial charge < -0.3 is 5.32 Å². The predicted octanol–water partition coefficient (Wildman–Crippen LogP) is 3.02. The minimum Gasteiger partial charge on any atom is -0.312 e. The van der Waals surface area contributed by atoms with Crippen LogP contribution in [-0.4, -0.2) is 27.0 Å². The summed E-state index contributed by atoms with van der Waals surface area (Å²) in [6.45, 7) is 8.18. The lowest BCUT2D eigenvalue weighted by Crippen LogP contribution is -2.27. The maximum atomic E-state index is 12.2. The summed E-state index contributed by atoms with van der Waals surface area (Å²) in [5, 5.41) is 3.14. The summed E-state index contributed by atoms with van der Waals surface area (Å²) >= 11 is 0. The maximum Gasteiger partial charge on any atom is 0.152 e. The fourth-order valence-electron chi connectivity index (χ4n) is 2.31. The molecule has 0 saturated carbocycles. The number of benzene rings is 1. The normalized spacial score (nSPS) is 13.7. The summed E-state index contributed by atoms with van der Waals surface area (Å²) in [6.07, 6.45) is 0.728. The molecule has 1 unspecified atom stereocenters. The van der Waals surface area contributed by atoms with Crippen molar-refractivity contribution in [1.29, 1.82) is 0 Å². The second kappa shape index (κ2) is 7.23. The Kier molecular flexibility index (Phi) is 6.21. The minimum atomic E-state index is -3.02. The fraction of sp³-hybridized carbons (Fsp3) is 0.625. The average molecular weight is 297 g/mol. The van der Waals surface area contributed by atoms with E-state index in [4.69, 9.17) is 0 Å². The third-order valence-electron chi connectivity index (χ3n) is 3.42. The third-order valence-corrected chi connectivity index (χ3v) is 5.12. The molecule has 0 radical (unpaired) electrons. The highest BCUT2D eigenvalue weighted by Gasteiger charge is 2.20. The number of hydrogen-bond acceptors (Lipinski definition) is 3. The molecule has 20 heavy (non-hydrogen) atoms. The van der Waals surface area contributed by atoms with E-state index in [2.05, 4.69) is 37.4 Å². The summed E-state index contributed by atoms with van der Waals surface area (Å²) < 4.78 is 24.4. The van der Waals surface area contributed by atoms with Gasteiger partial charge in [-0.25, -0.2) is 8.42 Å². The highest BCUT2D eigenvalue weighted by molar-refractivity contribution is 7.91. The lowest BCUT2D eigenvalue weighted by molar-refractivity contribution is 0.558. The molecule has 0 amide bonds. The van der Waals surface area contributed by atoms with Crippen LogP contribution >= 0.6 is 0 Å². The smallest absolute Gasteiger partial charge is 0.152 e.